The molecule has 1 aromatic rings. The third kappa shape index (κ3) is 4.15. The number of hydrogen-bond donors (Lipinski definition) is 1. The van der Waals surface area contributed by atoms with Crippen LogP contribution >= 0.6 is 0 Å². The molecule has 0 aliphatic rings. The third-order valence-electron chi connectivity index (χ3n) is 1.49. The van der Waals surface area contributed by atoms with Crippen LogP contribution < -0.4 is 4.74 Å². The Balaban J connectivity index is 2.15. The van der Waals surface area contributed by atoms with Gasteiger partial charge in [0.15, 0.2) is 0 Å². The highest BCUT2D eigenvalue weighted by Crippen LogP contribution is 2.03. The Hall–Kier alpha value is -1.20. The second kappa shape index (κ2) is 6.28. The number of aliphatic hydroxyl groups is 1. The van der Waals surface area contributed by atoms with E-state index < -0.39 is 0 Å². The summed E-state index contributed by atoms with van der Waals surface area (Å²) in [6, 6.07) is 3.59. The summed E-state index contributed by atoms with van der Waals surface area (Å²) in [5, 5.41) is 16.1. The van der Waals surface area contributed by atoms with Gasteiger partial charge in [-0.1, -0.05) is 0 Å². The van der Waals surface area contributed by atoms with Crippen molar-refractivity contribution in [1.82, 2.24) is 10.2 Å². The number of rotatable bonds is 6. The average molecular weight is 198 g/mol. The summed E-state index contributed by atoms with van der Waals surface area (Å²) in [6.45, 7) is 3.09. The lowest BCUT2D eigenvalue weighted by Gasteiger charge is -2.04. The molecular weight excluding hydrogens is 184 g/mol. The maximum Gasteiger partial charge on any atom is 0.233 e. The molecule has 0 bridgehead atoms. The fraction of sp³-hybridized carbons (Fsp3) is 0.556. The van der Waals surface area contributed by atoms with Crippen LogP contribution in [-0.2, 0) is 4.74 Å². The van der Waals surface area contributed by atoms with E-state index in [0.717, 1.165) is 5.69 Å². The molecule has 0 atom stereocenters. The topological polar surface area (TPSA) is 64.5 Å². The largest absolute Gasteiger partial charge is 0.474 e. The first-order valence-electron chi connectivity index (χ1n) is 4.44. The van der Waals surface area contributed by atoms with E-state index in [9.17, 15) is 0 Å². The van der Waals surface area contributed by atoms with E-state index in [1.54, 1.807) is 6.07 Å². The summed E-state index contributed by atoms with van der Waals surface area (Å²) in [6.07, 6.45) is 0. The van der Waals surface area contributed by atoms with Crippen molar-refractivity contribution >= 4 is 0 Å². The molecule has 1 N–H and O–H groups in total. The molecule has 0 unspecified atom stereocenters. The van der Waals surface area contributed by atoms with Gasteiger partial charge in [0.2, 0.25) is 5.88 Å². The maximum atomic E-state index is 8.42. The van der Waals surface area contributed by atoms with Crippen LogP contribution in [-0.4, -0.2) is 41.7 Å². The molecule has 5 nitrogen and oxygen atoms in total. The SMILES string of the molecule is Cc1ccc(OCCOCCO)nn1. The monoisotopic (exact) mass is 198 g/mol. The third-order valence-corrected chi connectivity index (χ3v) is 1.49. The molecule has 0 spiro atoms. The standard InChI is InChI=1S/C9H14N2O3/c1-8-2-3-9(11-10-8)14-7-6-13-5-4-12/h2-3,12H,4-7H2,1H3. The lowest BCUT2D eigenvalue weighted by Crippen LogP contribution is -2.10. The van der Waals surface area contributed by atoms with Crippen molar-refractivity contribution in [3.8, 4) is 5.88 Å². The zero-order chi connectivity index (χ0) is 10.2. The molecule has 0 aromatic carbocycles. The summed E-state index contributed by atoms with van der Waals surface area (Å²) < 4.78 is 10.2. The Morgan fingerprint density at radius 1 is 1.21 bits per heavy atom. The number of aliphatic hydroxyl groups excluding tert-OH is 1. The van der Waals surface area contributed by atoms with Gasteiger partial charge in [-0.05, 0) is 13.0 Å². The number of aryl methyl sites for hydroxylation is 1. The van der Waals surface area contributed by atoms with Gasteiger partial charge in [-0.25, -0.2) is 0 Å². The van der Waals surface area contributed by atoms with Crippen LogP contribution in [0, 0.1) is 6.92 Å². The van der Waals surface area contributed by atoms with E-state index in [2.05, 4.69) is 10.2 Å². The highest BCUT2D eigenvalue weighted by molar-refractivity contribution is 5.09. The van der Waals surface area contributed by atoms with Crippen LogP contribution in [0.1, 0.15) is 5.69 Å². The molecule has 14 heavy (non-hydrogen) atoms. The maximum absolute atomic E-state index is 8.42. The first-order chi connectivity index (χ1) is 6.83. The summed E-state index contributed by atoms with van der Waals surface area (Å²) in [5.74, 6) is 0.489. The quantitative estimate of drug-likeness (QED) is 0.660. The summed E-state index contributed by atoms with van der Waals surface area (Å²) in [5.41, 5.74) is 0.855. The normalized spacial score (nSPS) is 10.1. The Kier molecular flexibility index (Phi) is 4.88. The molecule has 0 amide bonds. The van der Waals surface area contributed by atoms with Gasteiger partial charge < -0.3 is 14.6 Å². The minimum atomic E-state index is 0.0321. The summed E-state index contributed by atoms with van der Waals surface area (Å²) in [7, 11) is 0. The molecule has 0 radical (unpaired) electrons. The molecule has 0 aliphatic carbocycles. The van der Waals surface area contributed by atoms with Gasteiger partial charge in [-0.15, -0.1) is 5.10 Å². The van der Waals surface area contributed by atoms with Crippen molar-refractivity contribution in [3.05, 3.63) is 17.8 Å². The van der Waals surface area contributed by atoms with Gasteiger partial charge in [0, 0.05) is 6.07 Å². The molecule has 0 aliphatic heterocycles. The van der Waals surface area contributed by atoms with Crippen LogP contribution in [0.2, 0.25) is 0 Å². The Bertz CT molecular complexity index is 251. The summed E-state index contributed by atoms with van der Waals surface area (Å²) >= 11 is 0. The number of ether oxygens (including phenoxy) is 2. The number of hydrogen-bond acceptors (Lipinski definition) is 5. The highest BCUT2D eigenvalue weighted by Gasteiger charge is 1.95. The first kappa shape index (κ1) is 10.9. The molecular formula is C9H14N2O3. The smallest absolute Gasteiger partial charge is 0.233 e. The molecule has 0 saturated carbocycles. The van der Waals surface area contributed by atoms with Gasteiger partial charge in [0.05, 0.1) is 25.5 Å². The average Bonchev–Trinajstić information content (AvgIpc) is 2.21. The molecule has 78 valence electrons. The van der Waals surface area contributed by atoms with Crippen LogP contribution in [0.25, 0.3) is 0 Å². The predicted molar refractivity (Wildman–Crippen MR) is 50.2 cm³/mol. The van der Waals surface area contributed by atoms with Crippen molar-refractivity contribution in [1.29, 1.82) is 0 Å². The van der Waals surface area contributed by atoms with Crippen LogP contribution in [0.3, 0.4) is 0 Å². The van der Waals surface area contributed by atoms with Crippen molar-refractivity contribution in [2.75, 3.05) is 26.4 Å². The Morgan fingerprint density at radius 2 is 2.07 bits per heavy atom. The van der Waals surface area contributed by atoms with Crippen molar-refractivity contribution in [3.63, 3.8) is 0 Å². The van der Waals surface area contributed by atoms with Crippen molar-refractivity contribution < 1.29 is 14.6 Å². The van der Waals surface area contributed by atoms with Crippen LogP contribution in [0.5, 0.6) is 5.88 Å². The molecule has 1 rings (SSSR count). The molecule has 5 heteroatoms. The lowest BCUT2D eigenvalue weighted by atomic mass is 10.4. The van der Waals surface area contributed by atoms with Gasteiger partial charge in [0.25, 0.3) is 0 Å². The van der Waals surface area contributed by atoms with E-state index in [1.807, 2.05) is 13.0 Å². The number of nitrogens with zero attached hydrogens (tertiary/aromatic N) is 2. The fourth-order valence-corrected chi connectivity index (χ4v) is 0.835. The second-order valence-corrected chi connectivity index (χ2v) is 2.70. The van der Waals surface area contributed by atoms with Gasteiger partial charge in [0.1, 0.15) is 6.61 Å². The highest BCUT2D eigenvalue weighted by atomic mass is 16.5. The van der Waals surface area contributed by atoms with E-state index >= 15 is 0 Å². The van der Waals surface area contributed by atoms with E-state index in [0.29, 0.717) is 25.7 Å². The zero-order valence-corrected chi connectivity index (χ0v) is 8.14. The molecule has 0 fully saturated rings. The number of aromatic nitrogens is 2. The van der Waals surface area contributed by atoms with Gasteiger partial charge >= 0.3 is 0 Å². The minimum Gasteiger partial charge on any atom is -0.474 e. The predicted octanol–water partition coefficient (Wildman–Crippen LogP) is 0.173. The molecule has 1 heterocycles. The van der Waals surface area contributed by atoms with Crippen LogP contribution in [0.15, 0.2) is 12.1 Å². The Labute approximate surface area is 82.7 Å². The van der Waals surface area contributed by atoms with Crippen molar-refractivity contribution in [2.24, 2.45) is 0 Å². The Morgan fingerprint density at radius 3 is 2.71 bits per heavy atom. The van der Waals surface area contributed by atoms with Gasteiger partial charge in [-0.3, -0.25) is 0 Å². The minimum absolute atomic E-state index is 0.0321. The van der Waals surface area contributed by atoms with Gasteiger partial charge in [-0.2, -0.15) is 5.10 Å². The summed E-state index contributed by atoms with van der Waals surface area (Å²) in [4.78, 5) is 0. The van der Waals surface area contributed by atoms with E-state index in [1.165, 1.54) is 0 Å². The fourth-order valence-electron chi connectivity index (χ4n) is 0.835. The molecule has 0 saturated heterocycles. The molecule has 1 aromatic heterocycles. The first-order valence-corrected chi connectivity index (χ1v) is 4.44. The van der Waals surface area contributed by atoms with E-state index in [4.69, 9.17) is 14.6 Å². The van der Waals surface area contributed by atoms with E-state index in [-0.39, 0.29) is 6.61 Å². The zero-order valence-electron chi connectivity index (χ0n) is 8.14. The van der Waals surface area contributed by atoms with Crippen molar-refractivity contribution in [2.45, 2.75) is 6.92 Å². The second-order valence-electron chi connectivity index (χ2n) is 2.70. The lowest BCUT2D eigenvalue weighted by molar-refractivity contribution is 0.0693. The van der Waals surface area contributed by atoms with Crippen LogP contribution in [0.4, 0.5) is 0 Å².